The molecule has 61 heavy (non-hydrogen) atoms. The number of carbonyl (C=O) groups is 2. The van der Waals surface area contributed by atoms with Gasteiger partial charge in [-0.3, -0.25) is 18.7 Å². The van der Waals surface area contributed by atoms with E-state index in [1.54, 1.807) is 0 Å². The molecular weight excluding hydrogens is 798 g/mol. The van der Waals surface area contributed by atoms with Crippen molar-refractivity contribution in [2.24, 2.45) is 0 Å². The summed E-state index contributed by atoms with van der Waals surface area (Å²) in [4.78, 5) is 58.4. The van der Waals surface area contributed by atoms with Crippen molar-refractivity contribution >= 4 is 36.7 Å². The summed E-state index contributed by atoms with van der Waals surface area (Å²) in [6, 6.07) is 0. The number of anilines is 1. The number of aromatic nitrogens is 4. The first-order valence-electron chi connectivity index (χ1n) is 24.3. The third kappa shape index (κ3) is 22.5. The van der Waals surface area contributed by atoms with Gasteiger partial charge in [-0.2, -0.15) is 0 Å². The number of esters is 2. The second-order valence-electron chi connectivity index (χ2n) is 17.2. The predicted molar refractivity (Wildman–Crippen MR) is 240 cm³/mol. The van der Waals surface area contributed by atoms with E-state index in [0.29, 0.717) is 24.0 Å². The van der Waals surface area contributed by atoms with Crippen LogP contribution in [0.1, 0.15) is 226 Å². The number of imidazole rings is 1. The average Bonchev–Trinajstić information content (AvgIpc) is 3.81. The average molecular weight is 880 g/mol. The summed E-state index contributed by atoms with van der Waals surface area (Å²) in [7, 11) is -4.92. The van der Waals surface area contributed by atoms with Gasteiger partial charge in [-0.1, -0.05) is 194 Å². The van der Waals surface area contributed by atoms with Crippen LogP contribution in [0.25, 0.3) is 11.2 Å². The third-order valence-electron chi connectivity index (χ3n) is 11.9. The Morgan fingerprint density at radius 1 is 0.623 bits per heavy atom. The van der Waals surface area contributed by atoms with E-state index < -0.39 is 50.9 Å². The molecule has 0 saturated carbocycles. The molecule has 14 nitrogen and oxygen atoms in total. The summed E-state index contributed by atoms with van der Waals surface area (Å²) in [5.41, 5.74) is 6.64. The minimum absolute atomic E-state index is 0.135. The quantitative estimate of drug-likeness (QED) is 0.0327. The highest BCUT2D eigenvalue weighted by molar-refractivity contribution is 7.46. The van der Waals surface area contributed by atoms with Crippen LogP contribution in [-0.4, -0.2) is 66.2 Å². The van der Waals surface area contributed by atoms with Crippen molar-refractivity contribution < 1.29 is 42.7 Å². The molecule has 0 spiro atoms. The van der Waals surface area contributed by atoms with Crippen LogP contribution in [-0.2, 0) is 32.9 Å². The highest BCUT2D eigenvalue weighted by Crippen LogP contribution is 2.41. The van der Waals surface area contributed by atoms with Crippen molar-refractivity contribution in [3.63, 3.8) is 0 Å². The monoisotopic (exact) mass is 880 g/mol. The highest BCUT2D eigenvalue weighted by Gasteiger charge is 2.51. The number of ether oxygens (including phenoxy) is 3. The maximum absolute atomic E-state index is 13.4. The van der Waals surface area contributed by atoms with Gasteiger partial charge in [-0.05, 0) is 12.8 Å². The van der Waals surface area contributed by atoms with E-state index >= 15 is 0 Å². The second kappa shape index (κ2) is 32.1. The standard InChI is InChI=1S/C46H82N5O9P/c1-3-5-7-9-11-13-15-17-19-21-23-25-27-29-31-33-39(52)59-42-38(35-57-61(54,55)56)58-46(51-37-50-41-44(47)48-36-49-45(41)51)43(42)60-40(53)34-32-30-28-26-24-22-20-18-16-14-12-10-8-6-4-2/h36-38,42-43,46H,3-35H2,1-2H3,(H2,47,48,49)(H2,54,55,56)/t38-,42-,43-,46-/m1/s1. The van der Waals surface area contributed by atoms with E-state index in [-0.39, 0.29) is 18.7 Å². The molecule has 15 heteroatoms. The van der Waals surface area contributed by atoms with Gasteiger partial charge in [0.1, 0.15) is 17.9 Å². The van der Waals surface area contributed by atoms with Gasteiger partial charge in [0.2, 0.25) is 0 Å². The molecule has 0 bridgehead atoms. The van der Waals surface area contributed by atoms with E-state index in [1.807, 2.05) is 0 Å². The number of nitrogens with zero attached hydrogens (tertiary/aromatic N) is 4. The van der Waals surface area contributed by atoms with Crippen molar-refractivity contribution in [1.82, 2.24) is 19.5 Å². The number of carbonyl (C=O) groups excluding carboxylic acids is 2. The van der Waals surface area contributed by atoms with Crippen molar-refractivity contribution in [3.8, 4) is 0 Å². The van der Waals surface area contributed by atoms with Crippen LogP contribution in [0, 0.1) is 0 Å². The van der Waals surface area contributed by atoms with Crippen LogP contribution in [0.4, 0.5) is 5.82 Å². The van der Waals surface area contributed by atoms with E-state index in [0.717, 1.165) is 38.5 Å². The lowest BCUT2D eigenvalue weighted by Crippen LogP contribution is -2.41. The number of phosphoric ester groups is 1. The number of nitrogen functional groups attached to an aromatic ring is 1. The molecule has 0 aromatic carbocycles. The molecule has 0 radical (unpaired) electrons. The first-order valence-corrected chi connectivity index (χ1v) is 25.8. The number of phosphoric acid groups is 1. The number of hydrogen-bond donors (Lipinski definition) is 3. The zero-order chi connectivity index (χ0) is 44.0. The van der Waals surface area contributed by atoms with Gasteiger partial charge in [0.25, 0.3) is 0 Å². The molecule has 0 aliphatic carbocycles. The van der Waals surface area contributed by atoms with Gasteiger partial charge >= 0.3 is 19.8 Å². The van der Waals surface area contributed by atoms with Gasteiger partial charge in [0.15, 0.2) is 29.9 Å². The number of unbranched alkanes of at least 4 members (excludes halogenated alkanes) is 28. The van der Waals surface area contributed by atoms with Gasteiger partial charge in [0.05, 0.1) is 12.9 Å². The summed E-state index contributed by atoms with van der Waals surface area (Å²) < 4.78 is 36.3. The Bertz CT molecular complexity index is 1510. The molecule has 350 valence electrons. The van der Waals surface area contributed by atoms with Crippen molar-refractivity contribution in [1.29, 1.82) is 0 Å². The van der Waals surface area contributed by atoms with E-state index in [4.69, 9.17) is 24.5 Å². The van der Waals surface area contributed by atoms with E-state index in [9.17, 15) is 23.9 Å². The Morgan fingerprint density at radius 3 is 1.43 bits per heavy atom. The maximum Gasteiger partial charge on any atom is 0.469 e. The normalized spacial score (nSPS) is 18.0. The lowest BCUT2D eigenvalue weighted by Gasteiger charge is -2.25. The van der Waals surface area contributed by atoms with Gasteiger partial charge < -0.3 is 29.7 Å². The molecule has 1 aliphatic rings. The Labute approximate surface area is 366 Å². The zero-order valence-electron chi connectivity index (χ0n) is 37.9. The maximum atomic E-state index is 13.4. The second-order valence-corrected chi connectivity index (χ2v) is 18.5. The lowest BCUT2D eigenvalue weighted by molar-refractivity contribution is -0.168. The largest absolute Gasteiger partial charge is 0.469 e. The van der Waals surface area contributed by atoms with Crippen LogP contribution in [0.3, 0.4) is 0 Å². The Kier molecular flexibility index (Phi) is 27.7. The van der Waals surface area contributed by atoms with Gasteiger partial charge in [-0.15, -0.1) is 0 Å². The van der Waals surface area contributed by atoms with Crippen molar-refractivity contribution in [2.75, 3.05) is 12.3 Å². The first kappa shape index (κ1) is 52.7. The summed E-state index contributed by atoms with van der Waals surface area (Å²) >= 11 is 0. The molecule has 4 atom stereocenters. The summed E-state index contributed by atoms with van der Waals surface area (Å²) in [5.74, 6) is -0.876. The molecule has 3 rings (SSSR count). The number of fused-ring (bicyclic) bond motifs is 1. The minimum Gasteiger partial charge on any atom is -0.455 e. The number of nitrogens with two attached hydrogens (primary N) is 1. The van der Waals surface area contributed by atoms with Gasteiger partial charge in [-0.25, -0.2) is 19.5 Å². The fraction of sp³-hybridized carbons (Fsp3) is 0.848. The molecule has 4 N–H and O–H groups in total. The fourth-order valence-corrected chi connectivity index (χ4v) is 8.60. The molecule has 2 aromatic heterocycles. The van der Waals surface area contributed by atoms with E-state index in [2.05, 4.69) is 28.8 Å². The summed E-state index contributed by atoms with van der Waals surface area (Å²) in [6.45, 7) is 3.89. The van der Waals surface area contributed by atoms with Crippen LogP contribution < -0.4 is 5.73 Å². The zero-order valence-corrected chi connectivity index (χ0v) is 38.8. The molecule has 1 saturated heterocycles. The Morgan fingerprint density at radius 2 is 1.02 bits per heavy atom. The number of hydrogen-bond acceptors (Lipinski definition) is 11. The summed E-state index contributed by atoms with van der Waals surface area (Å²) in [6.07, 6.45) is 34.5. The topological polar surface area (TPSA) is 198 Å². The fourth-order valence-electron chi connectivity index (χ4n) is 8.26. The summed E-state index contributed by atoms with van der Waals surface area (Å²) in [5, 5.41) is 0. The van der Waals surface area contributed by atoms with Crippen LogP contribution in [0.2, 0.25) is 0 Å². The number of rotatable bonds is 38. The molecule has 0 unspecified atom stereocenters. The minimum atomic E-state index is -4.92. The smallest absolute Gasteiger partial charge is 0.455 e. The predicted octanol–water partition coefficient (Wildman–Crippen LogP) is 11.8. The highest BCUT2D eigenvalue weighted by atomic mass is 31.2. The molecule has 0 amide bonds. The Hall–Kier alpha value is -2.64. The van der Waals surface area contributed by atoms with E-state index in [1.165, 1.54) is 158 Å². The molecule has 3 heterocycles. The van der Waals surface area contributed by atoms with Crippen LogP contribution in [0.15, 0.2) is 12.7 Å². The van der Waals surface area contributed by atoms with Crippen LogP contribution in [0.5, 0.6) is 0 Å². The third-order valence-corrected chi connectivity index (χ3v) is 12.3. The van der Waals surface area contributed by atoms with Gasteiger partial charge in [0, 0.05) is 12.8 Å². The Balaban J connectivity index is 1.48. The molecular formula is C46H82N5O9P. The lowest BCUT2D eigenvalue weighted by atomic mass is 10.0. The van der Waals surface area contributed by atoms with Crippen molar-refractivity contribution in [2.45, 2.75) is 244 Å². The molecule has 2 aromatic rings. The molecule has 1 aliphatic heterocycles. The van der Waals surface area contributed by atoms with Crippen LogP contribution >= 0.6 is 7.82 Å². The van der Waals surface area contributed by atoms with Crippen molar-refractivity contribution in [3.05, 3.63) is 12.7 Å². The first-order chi connectivity index (χ1) is 29.6. The SMILES string of the molecule is CCCCCCCCCCCCCCCCCC(=O)O[C@@H]1[C@H](OC(=O)CCCCCCCCCCCCCCCCC)[C@@H](COP(=O)(O)O)O[C@H]1n1cnc2c(N)ncnc21. The molecule has 1 fully saturated rings.